The summed E-state index contributed by atoms with van der Waals surface area (Å²) < 4.78 is 31.2. The van der Waals surface area contributed by atoms with Gasteiger partial charge in [-0.25, -0.2) is 0 Å². The van der Waals surface area contributed by atoms with Gasteiger partial charge >= 0.3 is 0 Å². The molecule has 2 aromatic carbocycles. The number of aliphatic hydroxyl groups excluding tert-OH is 1. The molecule has 33 heavy (non-hydrogen) atoms. The Morgan fingerprint density at radius 1 is 0.909 bits per heavy atom. The van der Waals surface area contributed by atoms with Crippen LogP contribution < -0.4 is 10.4 Å². The van der Waals surface area contributed by atoms with Crippen LogP contribution in [0.25, 0.3) is 0 Å². The van der Waals surface area contributed by atoms with E-state index in [1.165, 1.54) is 10.4 Å². The van der Waals surface area contributed by atoms with E-state index in [0.29, 0.717) is 0 Å². The smallest absolute Gasteiger partial charge is 0.261 e. The van der Waals surface area contributed by atoms with Crippen molar-refractivity contribution < 1.29 is 28.5 Å². The van der Waals surface area contributed by atoms with E-state index in [1.54, 1.807) is 7.11 Å². The maximum absolute atomic E-state index is 10.6. The molecule has 7 heteroatoms. The third-order valence-electron chi connectivity index (χ3n) is 6.72. The lowest BCUT2D eigenvalue weighted by atomic mass is 9.97. The fourth-order valence-corrected chi connectivity index (χ4v) is 9.84. The molecule has 4 rings (SSSR count). The first-order valence-corrected chi connectivity index (χ1v) is 13.4. The highest BCUT2D eigenvalue weighted by Crippen LogP contribution is 2.46. The third-order valence-corrected chi connectivity index (χ3v) is 11.7. The average molecular weight is 473 g/mol. The summed E-state index contributed by atoms with van der Waals surface area (Å²) in [4.78, 5) is 0. The second kappa shape index (κ2) is 8.89. The normalized spacial score (nSPS) is 29.2. The van der Waals surface area contributed by atoms with E-state index in [2.05, 4.69) is 69.3 Å². The summed E-state index contributed by atoms with van der Waals surface area (Å²) in [5.74, 6) is -0.798. The van der Waals surface area contributed by atoms with Gasteiger partial charge in [-0.1, -0.05) is 81.4 Å². The van der Waals surface area contributed by atoms with Crippen molar-refractivity contribution in [2.24, 2.45) is 0 Å². The van der Waals surface area contributed by atoms with Crippen molar-refractivity contribution in [3.05, 3.63) is 60.7 Å². The van der Waals surface area contributed by atoms with Crippen molar-refractivity contribution >= 4 is 18.7 Å². The molecule has 2 aliphatic heterocycles. The molecular formula is C26H36O6Si. The van der Waals surface area contributed by atoms with Crippen LogP contribution in [-0.2, 0) is 23.4 Å². The highest BCUT2D eigenvalue weighted by molar-refractivity contribution is 6.99. The minimum absolute atomic E-state index is 0.150. The number of rotatable bonds is 7. The lowest BCUT2D eigenvalue weighted by Gasteiger charge is -2.45. The topological polar surface area (TPSA) is 66.4 Å². The number of hydrogen-bond acceptors (Lipinski definition) is 6. The first-order chi connectivity index (χ1) is 15.6. The Labute approximate surface area is 197 Å². The molecule has 0 aliphatic carbocycles. The molecule has 0 spiro atoms. The molecule has 0 aromatic heterocycles. The molecule has 2 aromatic rings. The van der Waals surface area contributed by atoms with Crippen LogP contribution in [0.3, 0.4) is 0 Å². The largest absolute Gasteiger partial charge is 0.404 e. The van der Waals surface area contributed by atoms with E-state index in [0.717, 1.165) is 0 Å². The van der Waals surface area contributed by atoms with Gasteiger partial charge in [-0.3, -0.25) is 0 Å². The third kappa shape index (κ3) is 4.21. The fourth-order valence-electron chi connectivity index (χ4n) is 5.22. The summed E-state index contributed by atoms with van der Waals surface area (Å²) in [7, 11) is -1.24. The maximum atomic E-state index is 10.6. The molecule has 1 N–H and O–H groups in total. The zero-order valence-electron chi connectivity index (χ0n) is 20.4. The molecule has 0 saturated carbocycles. The number of hydrogen-bond donors (Lipinski definition) is 1. The van der Waals surface area contributed by atoms with E-state index >= 15 is 0 Å². The standard InChI is InChI=1S/C26H36O6Si/c1-24(2,3)33(19-13-9-7-10-14-19,20-15-11-8-12-16-20)29-18-26(17-27)22-21(23(28-6)32-26)30-25(4,5)31-22/h7-16,21-23,27H,17-18H2,1-6H3/t21-,22+,23-,26-/m1/s1. The summed E-state index contributed by atoms with van der Waals surface area (Å²) in [5.41, 5.74) is -1.10. The maximum Gasteiger partial charge on any atom is 0.261 e. The Bertz CT molecular complexity index is 889. The van der Waals surface area contributed by atoms with Crippen LogP contribution in [0.1, 0.15) is 34.6 Å². The zero-order chi connectivity index (χ0) is 23.9. The van der Waals surface area contributed by atoms with E-state index in [-0.39, 0.29) is 18.3 Å². The van der Waals surface area contributed by atoms with E-state index in [9.17, 15) is 5.11 Å². The second-order valence-corrected chi connectivity index (χ2v) is 14.7. The number of benzene rings is 2. The summed E-state index contributed by atoms with van der Waals surface area (Å²) in [6, 6.07) is 20.8. The van der Waals surface area contributed by atoms with Gasteiger partial charge < -0.3 is 28.5 Å². The van der Waals surface area contributed by atoms with Gasteiger partial charge in [-0.15, -0.1) is 0 Å². The SMILES string of the molecule is CO[C@@H]1O[C@](CO)(CO[Si](c2ccccc2)(c2ccccc2)C(C)(C)C)[C@H]2OC(C)(C)O[C@@H]12. The van der Waals surface area contributed by atoms with E-state index in [4.69, 9.17) is 23.4 Å². The number of ether oxygens (including phenoxy) is 4. The van der Waals surface area contributed by atoms with Crippen molar-refractivity contribution in [1.82, 2.24) is 0 Å². The van der Waals surface area contributed by atoms with E-state index < -0.39 is 38.2 Å². The van der Waals surface area contributed by atoms with Crippen LogP contribution in [0.2, 0.25) is 5.04 Å². The Hall–Kier alpha value is -1.58. The zero-order valence-corrected chi connectivity index (χ0v) is 21.4. The van der Waals surface area contributed by atoms with Crippen molar-refractivity contribution in [3.8, 4) is 0 Å². The molecule has 2 fully saturated rings. The van der Waals surface area contributed by atoms with Crippen LogP contribution in [0.15, 0.2) is 60.7 Å². The average Bonchev–Trinajstić information content (AvgIpc) is 3.26. The van der Waals surface area contributed by atoms with Gasteiger partial charge in [-0.2, -0.15) is 0 Å². The minimum Gasteiger partial charge on any atom is -0.404 e. The molecule has 0 radical (unpaired) electrons. The number of methoxy groups -OCH3 is 1. The van der Waals surface area contributed by atoms with Crippen molar-refractivity contribution in [3.63, 3.8) is 0 Å². The summed E-state index contributed by atoms with van der Waals surface area (Å²) >= 11 is 0. The van der Waals surface area contributed by atoms with Crippen LogP contribution in [0.5, 0.6) is 0 Å². The van der Waals surface area contributed by atoms with Gasteiger partial charge in [0.1, 0.15) is 17.8 Å². The van der Waals surface area contributed by atoms with Gasteiger partial charge in [0.2, 0.25) is 0 Å². The van der Waals surface area contributed by atoms with Gasteiger partial charge in [0.05, 0.1) is 13.2 Å². The number of aliphatic hydroxyl groups is 1. The molecule has 0 amide bonds. The molecule has 180 valence electrons. The lowest BCUT2D eigenvalue weighted by molar-refractivity contribution is -0.261. The number of fused-ring (bicyclic) bond motifs is 1. The van der Waals surface area contributed by atoms with Crippen LogP contribution in [0.4, 0.5) is 0 Å². The van der Waals surface area contributed by atoms with Gasteiger partial charge in [0.15, 0.2) is 12.1 Å². The lowest BCUT2D eigenvalue weighted by Crippen LogP contribution is -2.68. The van der Waals surface area contributed by atoms with Crippen LogP contribution in [0, 0.1) is 0 Å². The van der Waals surface area contributed by atoms with Crippen molar-refractivity contribution in [1.29, 1.82) is 0 Å². The van der Waals surface area contributed by atoms with Crippen molar-refractivity contribution in [2.75, 3.05) is 20.3 Å². The Balaban J connectivity index is 1.77. The van der Waals surface area contributed by atoms with Gasteiger partial charge in [0, 0.05) is 7.11 Å². The highest BCUT2D eigenvalue weighted by atomic mass is 28.4. The molecule has 6 nitrogen and oxygen atoms in total. The van der Waals surface area contributed by atoms with Crippen LogP contribution >= 0.6 is 0 Å². The van der Waals surface area contributed by atoms with Gasteiger partial charge in [0.25, 0.3) is 8.32 Å². The quantitative estimate of drug-likeness (QED) is 0.625. The van der Waals surface area contributed by atoms with Crippen LogP contribution in [-0.4, -0.2) is 63.6 Å². The predicted octanol–water partition coefficient (Wildman–Crippen LogP) is 2.82. The highest BCUT2D eigenvalue weighted by Gasteiger charge is 2.64. The summed E-state index contributed by atoms with van der Waals surface area (Å²) in [6.45, 7) is 10.3. The summed E-state index contributed by atoms with van der Waals surface area (Å²) in [5, 5.41) is 12.7. The van der Waals surface area contributed by atoms with Crippen molar-refractivity contribution in [2.45, 2.75) is 69.5 Å². The Morgan fingerprint density at radius 3 is 1.91 bits per heavy atom. The molecular weight excluding hydrogens is 436 g/mol. The molecule has 2 aliphatic rings. The second-order valence-electron chi connectivity index (χ2n) is 10.4. The Kier molecular flexibility index (Phi) is 6.61. The first-order valence-electron chi connectivity index (χ1n) is 11.5. The molecule has 0 bridgehead atoms. The fraction of sp³-hybridized carbons (Fsp3) is 0.538. The molecule has 0 unspecified atom stereocenters. The monoisotopic (exact) mass is 472 g/mol. The minimum atomic E-state index is -2.82. The molecule has 2 saturated heterocycles. The van der Waals surface area contributed by atoms with Gasteiger partial charge in [-0.05, 0) is 29.3 Å². The molecule has 2 heterocycles. The first kappa shape index (κ1) is 24.5. The summed E-state index contributed by atoms with van der Waals surface area (Å²) in [6.07, 6.45) is -1.60. The molecule has 4 atom stereocenters. The van der Waals surface area contributed by atoms with E-state index in [1.807, 2.05) is 26.0 Å². The predicted molar refractivity (Wildman–Crippen MR) is 129 cm³/mol. The Morgan fingerprint density at radius 2 is 1.45 bits per heavy atom.